The number of amides is 1. The third-order valence-electron chi connectivity index (χ3n) is 9.76. The number of benzene rings is 2. The predicted octanol–water partition coefficient (Wildman–Crippen LogP) is 5.82. The maximum Gasteiger partial charge on any atom is 0.435 e. The molecule has 1 saturated heterocycles. The number of halogens is 8. The molecule has 3 aliphatic rings. The lowest BCUT2D eigenvalue weighted by Crippen LogP contribution is -2.53. The molecule has 1 N–H and O–H groups in total. The van der Waals surface area contributed by atoms with Gasteiger partial charge in [-0.1, -0.05) is 23.4 Å². The van der Waals surface area contributed by atoms with Crippen LogP contribution in [0.25, 0.3) is 0 Å². The number of hydrogen-bond acceptors (Lipinski definition) is 6. The SMILES string of the molecule is O=C(C1CCC(c2nn[nH]n2)CC1)N1CC[C@@]2(S(=O)(=O)c3ccc(F)cc3)c3ccc(C(F)(C(F)(F)F)C(F)(F)F)cc3CC[C@@H]12. The topological polar surface area (TPSA) is 109 Å². The number of tetrazole rings is 1. The number of carbonyl (C=O) groups excluding carboxylic acids is 1. The second-order valence-electron chi connectivity index (χ2n) is 12.0. The van der Waals surface area contributed by atoms with Gasteiger partial charge in [0.05, 0.1) is 10.9 Å². The average molecular weight is 678 g/mol. The molecule has 3 aromatic rings. The Labute approximate surface area is 257 Å². The predicted molar refractivity (Wildman–Crippen MR) is 144 cm³/mol. The highest BCUT2D eigenvalue weighted by molar-refractivity contribution is 7.92. The van der Waals surface area contributed by atoms with Gasteiger partial charge in [-0.3, -0.25) is 4.79 Å². The van der Waals surface area contributed by atoms with E-state index in [-0.39, 0.29) is 53.7 Å². The van der Waals surface area contributed by atoms with Crippen LogP contribution in [-0.2, 0) is 31.5 Å². The van der Waals surface area contributed by atoms with Gasteiger partial charge in [-0.2, -0.15) is 31.6 Å². The molecule has 2 fully saturated rings. The number of nitrogens with zero attached hydrogens (tertiary/aromatic N) is 4. The van der Waals surface area contributed by atoms with Crippen molar-refractivity contribution in [3.8, 4) is 0 Å². The average Bonchev–Trinajstić information content (AvgIpc) is 3.69. The van der Waals surface area contributed by atoms with E-state index in [2.05, 4.69) is 20.6 Å². The third-order valence-corrected chi connectivity index (χ3v) is 12.3. The Morgan fingerprint density at radius 2 is 1.57 bits per heavy atom. The van der Waals surface area contributed by atoms with Crippen molar-refractivity contribution < 1.29 is 48.3 Å². The van der Waals surface area contributed by atoms with Gasteiger partial charge in [0.2, 0.25) is 5.91 Å². The van der Waals surface area contributed by atoms with Crippen LogP contribution in [0.2, 0.25) is 0 Å². The van der Waals surface area contributed by atoms with Crippen LogP contribution in [0.15, 0.2) is 47.4 Å². The molecule has 2 aliphatic carbocycles. The third kappa shape index (κ3) is 4.78. The molecule has 1 aliphatic heterocycles. The van der Waals surface area contributed by atoms with Gasteiger partial charge in [-0.25, -0.2) is 17.2 Å². The van der Waals surface area contributed by atoms with Crippen molar-refractivity contribution in [1.82, 2.24) is 25.5 Å². The van der Waals surface area contributed by atoms with E-state index in [1.807, 2.05) is 0 Å². The molecule has 6 rings (SSSR count). The fourth-order valence-electron chi connectivity index (χ4n) is 7.49. The summed E-state index contributed by atoms with van der Waals surface area (Å²) in [6.45, 7) is -0.0615. The van der Waals surface area contributed by atoms with Gasteiger partial charge < -0.3 is 4.90 Å². The summed E-state index contributed by atoms with van der Waals surface area (Å²) in [4.78, 5) is 15.1. The van der Waals surface area contributed by atoms with E-state index in [1.54, 1.807) is 0 Å². The Balaban J connectivity index is 1.41. The van der Waals surface area contributed by atoms with Crippen molar-refractivity contribution in [3.05, 3.63) is 70.8 Å². The summed E-state index contributed by atoms with van der Waals surface area (Å²) in [5.41, 5.74) is -7.74. The van der Waals surface area contributed by atoms with Gasteiger partial charge in [0.15, 0.2) is 15.7 Å². The number of aromatic amines is 1. The first kappa shape index (κ1) is 32.3. The fraction of sp³-hybridized carbons (Fsp3) is 0.517. The Kier molecular flexibility index (Phi) is 7.71. The van der Waals surface area contributed by atoms with Crippen LogP contribution in [0, 0.1) is 11.7 Å². The second-order valence-corrected chi connectivity index (χ2v) is 14.2. The highest BCUT2D eigenvalue weighted by Gasteiger charge is 2.74. The molecule has 1 aromatic heterocycles. The molecule has 1 amide bonds. The summed E-state index contributed by atoms with van der Waals surface area (Å²) in [6, 6.07) is 4.36. The van der Waals surface area contributed by atoms with Crippen LogP contribution < -0.4 is 0 Å². The molecule has 0 spiro atoms. The number of alkyl halides is 7. The number of likely N-dealkylation sites (tertiary alicyclic amines) is 1. The number of carbonyl (C=O) groups is 1. The molecule has 2 atom stereocenters. The number of hydrogen-bond donors (Lipinski definition) is 1. The normalized spacial score (nSPS) is 25.7. The van der Waals surface area contributed by atoms with Gasteiger partial charge in [-0.05, 0) is 80.3 Å². The molecule has 0 bridgehead atoms. The molecule has 8 nitrogen and oxygen atoms in total. The van der Waals surface area contributed by atoms with Gasteiger partial charge in [0, 0.05) is 23.9 Å². The van der Waals surface area contributed by atoms with Crippen molar-refractivity contribution in [1.29, 1.82) is 0 Å². The number of sulfone groups is 1. The van der Waals surface area contributed by atoms with Crippen molar-refractivity contribution in [2.45, 2.75) is 84.6 Å². The summed E-state index contributed by atoms with van der Waals surface area (Å²) in [5, 5.41) is 14.0. The van der Waals surface area contributed by atoms with E-state index in [0.717, 1.165) is 30.3 Å². The van der Waals surface area contributed by atoms with E-state index in [1.165, 1.54) is 4.90 Å². The molecule has 2 heterocycles. The molecule has 17 heteroatoms. The van der Waals surface area contributed by atoms with Crippen molar-refractivity contribution >= 4 is 15.7 Å². The lowest BCUT2D eigenvalue weighted by molar-refractivity contribution is -0.348. The number of fused-ring (bicyclic) bond motifs is 3. The molecule has 46 heavy (non-hydrogen) atoms. The van der Waals surface area contributed by atoms with E-state index in [0.29, 0.717) is 43.6 Å². The minimum atomic E-state index is -6.35. The molecular weight excluding hydrogens is 650 g/mol. The van der Waals surface area contributed by atoms with Crippen LogP contribution in [-0.4, -0.2) is 64.8 Å². The zero-order valence-electron chi connectivity index (χ0n) is 23.9. The minimum Gasteiger partial charge on any atom is -0.337 e. The van der Waals surface area contributed by atoms with Crippen LogP contribution in [0.5, 0.6) is 0 Å². The zero-order chi connectivity index (χ0) is 33.3. The van der Waals surface area contributed by atoms with E-state index in [9.17, 15) is 43.9 Å². The first-order valence-corrected chi connectivity index (χ1v) is 16.0. The Hall–Kier alpha value is -3.63. The smallest absolute Gasteiger partial charge is 0.337 e. The highest BCUT2D eigenvalue weighted by atomic mass is 32.2. The Bertz CT molecular complexity index is 1710. The molecular formula is C29H27F8N5O3S. The largest absolute Gasteiger partial charge is 0.435 e. The summed E-state index contributed by atoms with van der Waals surface area (Å²) >= 11 is 0. The van der Waals surface area contributed by atoms with Crippen molar-refractivity contribution in [2.24, 2.45) is 5.92 Å². The first-order chi connectivity index (χ1) is 21.5. The molecule has 1 saturated carbocycles. The number of H-pyrrole nitrogens is 1. The Morgan fingerprint density at radius 3 is 2.15 bits per heavy atom. The zero-order valence-corrected chi connectivity index (χ0v) is 24.7. The van der Waals surface area contributed by atoms with Crippen LogP contribution in [0.3, 0.4) is 0 Å². The minimum absolute atomic E-state index is 0.0221. The van der Waals surface area contributed by atoms with E-state index >= 15 is 4.39 Å². The molecule has 0 unspecified atom stereocenters. The molecule has 0 radical (unpaired) electrons. The summed E-state index contributed by atoms with van der Waals surface area (Å²) in [5.74, 6) is -1.02. The van der Waals surface area contributed by atoms with Crippen LogP contribution in [0.1, 0.15) is 67.0 Å². The summed E-state index contributed by atoms with van der Waals surface area (Å²) in [7, 11) is -4.56. The van der Waals surface area contributed by atoms with Crippen LogP contribution >= 0.6 is 0 Å². The molecule has 2 aromatic carbocycles. The maximum atomic E-state index is 15.0. The van der Waals surface area contributed by atoms with Gasteiger partial charge in [-0.15, -0.1) is 10.2 Å². The number of aryl methyl sites for hydroxylation is 1. The second kappa shape index (κ2) is 11.0. The maximum absolute atomic E-state index is 15.0. The van der Waals surface area contributed by atoms with E-state index in [4.69, 9.17) is 0 Å². The quantitative estimate of drug-likeness (QED) is 0.270. The first-order valence-electron chi connectivity index (χ1n) is 14.5. The number of rotatable bonds is 5. The number of aromatic nitrogens is 4. The van der Waals surface area contributed by atoms with Gasteiger partial charge in [0.25, 0.3) is 0 Å². The van der Waals surface area contributed by atoms with Gasteiger partial charge in [0.1, 0.15) is 10.6 Å². The van der Waals surface area contributed by atoms with E-state index < -0.39 is 55.9 Å². The standard InChI is InChI=1S/C29H27F8N5O3S/c30-20-7-9-21(10-8-20)46(44,45)26-13-14-42(25(43)17-3-1-16(2-4-17)24-38-40-41-39-24)23(26)12-5-18-15-19(6-11-22(18)26)27(31,28(32,33)34)29(35,36)37/h6-11,15-17,23H,1-5,12-14H2,(H,38,39,40,41)/t16?,17?,23-,26-/m1/s1. The number of nitrogens with one attached hydrogen (secondary N) is 1. The van der Waals surface area contributed by atoms with Crippen molar-refractivity contribution in [2.75, 3.05) is 6.54 Å². The lowest BCUT2D eigenvalue weighted by Gasteiger charge is -2.44. The van der Waals surface area contributed by atoms with Crippen LogP contribution in [0.4, 0.5) is 35.1 Å². The summed E-state index contributed by atoms with van der Waals surface area (Å²) in [6.07, 6.45) is -11.2. The molecule has 248 valence electrons. The highest BCUT2D eigenvalue weighted by Crippen LogP contribution is 2.57. The van der Waals surface area contributed by atoms with Gasteiger partial charge >= 0.3 is 18.0 Å². The fourth-order valence-corrected chi connectivity index (χ4v) is 9.86. The lowest BCUT2D eigenvalue weighted by atomic mass is 9.76. The summed E-state index contributed by atoms with van der Waals surface area (Å²) < 4.78 is 137. The Morgan fingerprint density at radius 1 is 0.913 bits per heavy atom. The van der Waals surface area contributed by atoms with Crippen molar-refractivity contribution in [3.63, 3.8) is 0 Å². The monoisotopic (exact) mass is 677 g/mol.